The lowest BCUT2D eigenvalue weighted by atomic mass is 10.00. The summed E-state index contributed by atoms with van der Waals surface area (Å²) in [5, 5.41) is 17.1. The highest BCUT2D eigenvalue weighted by Gasteiger charge is 2.30. The van der Waals surface area contributed by atoms with Gasteiger partial charge in [-0.1, -0.05) is 27.7 Å². The fourth-order valence-electron chi connectivity index (χ4n) is 2.70. The number of rotatable bonds is 14. The maximum absolute atomic E-state index is 12.7. The Morgan fingerprint density at radius 1 is 0.862 bits per heavy atom. The Morgan fingerprint density at radius 2 is 1.34 bits per heavy atom. The Morgan fingerprint density at radius 3 is 1.79 bits per heavy atom. The standard InChI is InChI=1S/C19H36N4O5S/c1-11(2)8-14(18(26)23-15(19(27)28)9-12(3)4)22-17(25)13(6-7-29-5)21-16(24)10-20/h11-15H,6-10,20H2,1-5H3,(H,21,24)(H,22,25)(H,23,26)(H,27,28). The minimum absolute atomic E-state index is 0.0805. The molecular weight excluding hydrogens is 396 g/mol. The molecule has 0 aliphatic heterocycles. The molecule has 0 aliphatic carbocycles. The first-order valence-electron chi connectivity index (χ1n) is 9.83. The van der Waals surface area contributed by atoms with Gasteiger partial charge in [0.2, 0.25) is 17.7 Å². The van der Waals surface area contributed by atoms with Gasteiger partial charge < -0.3 is 26.8 Å². The predicted molar refractivity (Wildman–Crippen MR) is 114 cm³/mol. The first kappa shape index (κ1) is 27.2. The van der Waals surface area contributed by atoms with Crippen LogP contribution in [0, 0.1) is 11.8 Å². The second kappa shape index (κ2) is 14.2. The minimum Gasteiger partial charge on any atom is -0.480 e. The monoisotopic (exact) mass is 432 g/mol. The van der Waals surface area contributed by atoms with E-state index in [1.807, 2.05) is 34.0 Å². The van der Waals surface area contributed by atoms with Crippen molar-refractivity contribution in [2.45, 2.75) is 65.1 Å². The van der Waals surface area contributed by atoms with Crippen molar-refractivity contribution in [3.63, 3.8) is 0 Å². The van der Waals surface area contributed by atoms with Crippen LogP contribution in [-0.2, 0) is 19.2 Å². The van der Waals surface area contributed by atoms with Gasteiger partial charge in [-0.2, -0.15) is 11.8 Å². The van der Waals surface area contributed by atoms with Crippen LogP contribution in [0.25, 0.3) is 0 Å². The fraction of sp³-hybridized carbons (Fsp3) is 0.789. The van der Waals surface area contributed by atoms with Gasteiger partial charge in [-0.05, 0) is 43.1 Å². The number of carbonyl (C=O) groups excluding carboxylic acids is 3. The number of carboxylic acids is 1. The average molecular weight is 433 g/mol. The van der Waals surface area contributed by atoms with Gasteiger partial charge in [0.05, 0.1) is 6.54 Å². The van der Waals surface area contributed by atoms with Crippen LogP contribution in [0.4, 0.5) is 0 Å². The van der Waals surface area contributed by atoms with Crippen molar-refractivity contribution in [2.24, 2.45) is 17.6 Å². The lowest BCUT2D eigenvalue weighted by Gasteiger charge is -2.26. The van der Waals surface area contributed by atoms with Crippen LogP contribution in [0.2, 0.25) is 0 Å². The van der Waals surface area contributed by atoms with E-state index < -0.39 is 41.8 Å². The van der Waals surface area contributed by atoms with Crippen LogP contribution in [-0.4, -0.2) is 65.5 Å². The number of nitrogens with one attached hydrogen (secondary N) is 3. The van der Waals surface area contributed by atoms with Crippen molar-refractivity contribution in [1.82, 2.24) is 16.0 Å². The summed E-state index contributed by atoms with van der Waals surface area (Å²) >= 11 is 1.53. The van der Waals surface area contributed by atoms with Crippen molar-refractivity contribution in [3.05, 3.63) is 0 Å². The summed E-state index contributed by atoms with van der Waals surface area (Å²) in [6, 6.07) is -2.74. The number of hydrogen-bond donors (Lipinski definition) is 5. The molecule has 3 unspecified atom stereocenters. The Hall–Kier alpha value is -1.81. The van der Waals surface area contributed by atoms with Crippen LogP contribution < -0.4 is 21.7 Å². The molecule has 168 valence electrons. The third kappa shape index (κ3) is 11.7. The molecule has 0 aromatic rings. The molecule has 0 aromatic heterocycles. The molecule has 0 heterocycles. The lowest BCUT2D eigenvalue weighted by Crippen LogP contribution is -2.56. The molecule has 0 saturated carbocycles. The molecule has 0 fully saturated rings. The Bertz CT molecular complexity index is 557. The van der Waals surface area contributed by atoms with E-state index in [9.17, 15) is 24.3 Å². The summed E-state index contributed by atoms with van der Waals surface area (Å²) in [5.41, 5.74) is 5.32. The third-order valence-electron chi connectivity index (χ3n) is 4.11. The van der Waals surface area contributed by atoms with E-state index in [2.05, 4.69) is 16.0 Å². The van der Waals surface area contributed by atoms with Crippen LogP contribution in [0.5, 0.6) is 0 Å². The highest BCUT2D eigenvalue weighted by Crippen LogP contribution is 2.10. The SMILES string of the molecule is CSCCC(NC(=O)CN)C(=O)NC(CC(C)C)C(=O)NC(CC(C)C)C(=O)O. The van der Waals surface area contributed by atoms with Crippen molar-refractivity contribution in [3.8, 4) is 0 Å². The van der Waals surface area contributed by atoms with E-state index in [4.69, 9.17) is 5.73 Å². The molecule has 6 N–H and O–H groups in total. The zero-order chi connectivity index (χ0) is 22.6. The number of amides is 3. The molecule has 0 spiro atoms. The average Bonchev–Trinajstić information content (AvgIpc) is 2.62. The minimum atomic E-state index is -1.12. The summed E-state index contributed by atoms with van der Waals surface area (Å²) in [6.45, 7) is 7.29. The van der Waals surface area contributed by atoms with E-state index in [0.717, 1.165) is 0 Å². The molecule has 0 radical (unpaired) electrons. The molecule has 29 heavy (non-hydrogen) atoms. The summed E-state index contributed by atoms with van der Waals surface area (Å²) < 4.78 is 0. The smallest absolute Gasteiger partial charge is 0.326 e. The highest BCUT2D eigenvalue weighted by molar-refractivity contribution is 7.98. The molecule has 0 saturated heterocycles. The molecule has 0 aromatic carbocycles. The molecular formula is C19H36N4O5S. The normalized spacial score (nSPS) is 14.2. The van der Waals surface area contributed by atoms with Crippen molar-refractivity contribution >= 4 is 35.5 Å². The summed E-state index contributed by atoms with van der Waals surface area (Å²) in [4.78, 5) is 48.5. The number of carbonyl (C=O) groups is 4. The number of nitrogens with two attached hydrogens (primary N) is 1. The molecule has 0 bridgehead atoms. The van der Waals surface area contributed by atoms with Crippen LogP contribution in [0.1, 0.15) is 47.0 Å². The quantitative estimate of drug-likeness (QED) is 0.265. The second-order valence-corrected chi connectivity index (χ2v) is 8.81. The van der Waals surface area contributed by atoms with E-state index >= 15 is 0 Å². The molecule has 10 heteroatoms. The van der Waals surface area contributed by atoms with Gasteiger partial charge in [0.15, 0.2) is 0 Å². The second-order valence-electron chi connectivity index (χ2n) is 7.83. The third-order valence-corrected chi connectivity index (χ3v) is 4.75. The topological polar surface area (TPSA) is 151 Å². The number of hydrogen-bond acceptors (Lipinski definition) is 6. The van der Waals surface area contributed by atoms with E-state index in [0.29, 0.717) is 18.6 Å². The predicted octanol–water partition coefficient (Wildman–Crippen LogP) is 0.329. The van der Waals surface area contributed by atoms with Crippen LogP contribution in [0.3, 0.4) is 0 Å². The maximum Gasteiger partial charge on any atom is 0.326 e. The number of thioether (sulfide) groups is 1. The van der Waals surface area contributed by atoms with E-state index in [1.54, 1.807) is 0 Å². The molecule has 3 amide bonds. The summed E-state index contributed by atoms with van der Waals surface area (Å²) in [5.74, 6) is -1.81. The van der Waals surface area contributed by atoms with Gasteiger partial charge in [-0.15, -0.1) is 0 Å². The number of carboxylic acid groups (broad SMARTS) is 1. The van der Waals surface area contributed by atoms with Gasteiger partial charge in [0.25, 0.3) is 0 Å². The van der Waals surface area contributed by atoms with Crippen molar-refractivity contribution in [2.75, 3.05) is 18.6 Å². The highest BCUT2D eigenvalue weighted by atomic mass is 32.2. The van der Waals surface area contributed by atoms with E-state index in [-0.39, 0.29) is 24.8 Å². The Labute approximate surface area is 177 Å². The van der Waals surface area contributed by atoms with Crippen LogP contribution in [0.15, 0.2) is 0 Å². The molecule has 0 aliphatic rings. The first-order valence-corrected chi connectivity index (χ1v) is 11.2. The van der Waals surface area contributed by atoms with Crippen LogP contribution >= 0.6 is 11.8 Å². The Balaban J connectivity index is 5.30. The molecule has 9 nitrogen and oxygen atoms in total. The lowest BCUT2D eigenvalue weighted by molar-refractivity contribution is -0.143. The van der Waals surface area contributed by atoms with Gasteiger partial charge in [-0.3, -0.25) is 14.4 Å². The van der Waals surface area contributed by atoms with Gasteiger partial charge in [-0.25, -0.2) is 4.79 Å². The summed E-state index contributed by atoms with van der Waals surface area (Å²) in [6.07, 6.45) is 2.90. The summed E-state index contributed by atoms with van der Waals surface area (Å²) in [7, 11) is 0. The maximum atomic E-state index is 12.7. The zero-order valence-electron chi connectivity index (χ0n) is 18.0. The van der Waals surface area contributed by atoms with Gasteiger partial charge >= 0.3 is 5.97 Å². The van der Waals surface area contributed by atoms with Gasteiger partial charge in [0.1, 0.15) is 18.1 Å². The first-order chi connectivity index (χ1) is 13.5. The van der Waals surface area contributed by atoms with Crippen molar-refractivity contribution < 1.29 is 24.3 Å². The van der Waals surface area contributed by atoms with E-state index in [1.165, 1.54) is 11.8 Å². The Kier molecular flexibility index (Phi) is 13.3. The number of aliphatic carboxylic acids is 1. The van der Waals surface area contributed by atoms with Crippen molar-refractivity contribution in [1.29, 1.82) is 0 Å². The largest absolute Gasteiger partial charge is 0.480 e. The molecule has 3 atom stereocenters. The molecule has 0 rings (SSSR count). The van der Waals surface area contributed by atoms with Gasteiger partial charge in [0, 0.05) is 0 Å². The fourth-order valence-corrected chi connectivity index (χ4v) is 3.17. The zero-order valence-corrected chi connectivity index (χ0v) is 18.8.